The maximum Gasteiger partial charge on any atom is 0.335 e. The summed E-state index contributed by atoms with van der Waals surface area (Å²) in [5.74, 6) is -1.02. The lowest BCUT2D eigenvalue weighted by Crippen LogP contribution is -2.12. The van der Waals surface area contributed by atoms with Crippen LogP contribution in [0.15, 0.2) is 75.9 Å². The molecule has 4 rings (SSSR count). The van der Waals surface area contributed by atoms with Gasteiger partial charge in [-0.25, -0.2) is 4.79 Å². The summed E-state index contributed by atoms with van der Waals surface area (Å²) < 4.78 is 5.99. The summed E-state index contributed by atoms with van der Waals surface area (Å²) in [6.45, 7) is 3.83. The number of hydrogen-bond acceptors (Lipinski definition) is 4. The van der Waals surface area contributed by atoms with Crippen molar-refractivity contribution in [3.05, 3.63) is 99.2 Å². The Morgan fingerprint density at radius 3 is 2.35 bits per heavy atom. The van der Waals surface area contributed by atoms with Crippen molar-refractivity contribution in [2.75, 3.05) is 5.32 Å². The fourth-order valence-electron chi connectivity index (χ4n) is 3.47. The average molecular weight is 413 g/mol. The van der Waals surface area contributed by atoms with Crippen molar-refractivity contribution in [2.24, 2.45) is 0 Å². The third-order valence-corrected chi connectivity index (χ3v) is 4.96. The zero-order chi connectivity index (χ0) is 22.1. The molecule has 0 spiro atoms. The minimum Gasteiger partial charge on any atom is -0.478 e. The summed E-state index contributed by atoms with van der Waals surface area (Å²) in [6, 6.07) is 17.9. The van der Waals surface area contributed by atoms with Crippen LogP contribution >= 0.6 is 0 Å². The van der Waals surface area contributed by atoms with Crippen molar-refractivity contribution < 1.29 is 19.1 Å². The van der Waals surface area contributed by atoms with Gasteiger partial charge in [-0.3, -0.25) is 9.59 Å². The molecule has 0 saturated heterocycles. The molecular weight excluding hydrogens is 394 g/mol. The predicted molar refractivity (Wildman–Crippen MR) is 119 cm³/mol. The van der Waals surface area contributed by atoms with Crippen LogP contribution in [0.1, 0.15) is 31.8 Å². The van der Waals surface area contributed by atoms with Crippen molar-refractivity contribution in [3.8, 4) is 11.3 Å². The lowest BCUT2D eigenvalue weighted by molar-refractivity contribution is 0.0696. The summed E-state index contributed by atoms with van der Waals surface area (Å²) in [4.78, 5) is 36.2. The molecule has 1 aromatic heterocycles. The highest BCUT2D eigenvalue weighted by molar-refractivity contribution is 6.05. The molecule has 0 radical (unpaired) electrons. The molecule has 0 bridgehead atoms. The number of nitrogens with one attached hydrogen (secondary N) is 1. The first-order valence-electron chi connectivity index (χ1n) is 9.62. The SMILES string of the molecule is Cc1cc(C)c2oc(-c3ccc(C(=O)Nc4cccc(C(=O)O)c4)cc3)cc(=O)c2c1. The van der Waals surface area contributed by atoms with E-state index in [1.165, 1.54) is 18.2 Å². The maximum absolute atomic E-state index is 12.6. The van der Waals surface area contributed by atoms with Crippen molar-refractivity contribution in [1.82, 2.24) is 0 Å². The fourth-order valence-corrected chi connectivity index (χ4v) is 3.47. The summed E-state index contributed by atoms with van der Waals surface area (Å²) in [5.41, 5.74) is 3.84. The smallest absolute Gasteiger partial charge is 0.335 e. The van der Waals surface area contributed by atoms with Crippen LogP contribution < -0.4 is 10.7 Å². The second-order valence-corrected chi connectivity index (χ2v) is 7.35. The highest BCUT2D eigenvalue weighted by atomic mass is 16.4. The van der Waals surface area contributed by atoms with E-state index in [9.17, 15) is 14.4 Å². The molecule has 0 unspecified atom stereocenters. The predicted octanol–water partition coefficient (Wildman–Crippen LogP) is 5.03. The summed E-state index contributed by atoms with van der Waals surface area (Å²) in [6.07, 6.45) is 0. The van der Waals surface area contributed by atoms with Gasteiger partial charge in [-0.15, -0.1) is 0 Å². The van der Waals surface area contributed by atoms with Gasteiger partial charge in [-0.05, 0) is 61.4 Å². The summed E-state index contributed by atoms with van der Waals surface area (Å²) in [5, 5.41) is 12.3. The van der Waals surface area contributed by atoms with Gasteiger partial charge in [0.1, 0.15) is 11.3 Å². The molecule has 4 aromatic rings. The van der Waals surface area contributed by atoms with E-state index in [0.717, 1.165) is 11.1 Å². The maximum atomic E-state index is 12.6. The number of carbonyl (C=O) groups excluding carboxylic acids is 1. The minimum atomic E-state index is -1.07. The van der Waals surface area contributed by atoms with Gasteiger partial charge in [0, 0.05) is 22.9 Å². The topological polar surface area (TPSA) is 96.6 Å². The van der Waals surface area contributed by atoms with Crippen molar-refractivity contribution in [3.63, 3.8) is 0 Å². The Labute approximate surface area is 177 Å². The van der Waals surface area contributed by atoms with Crippen LogP contribution in [-0.2, 0) is 0 Å². The van der Waals surface area contributed by atoms with Gasteiger partial charge < -0.3 is 14.8 Å². The zero-order valence-electron chi connectivity index (χ0n) is 16.9. The Morgan fingerprint density at radius 1 is 0.903 bits per heavy atom. The number of hydrogen-bond donors (Lipinski definition) is 2. The Hall–Kier alpha value is -4.19. The Morgan fingerprint density at radius 2 is 1.65 bits per heavy atom. The van der Waals surface area contributed by atoms with Crippen LogP contribution in [0, 0.1) is 13.8 Å². The number of aromatic carboxylic acids is 1. The summed E-state index contributed by atoms with van der Waals surface area (Å²) in [7, 11) is 0. The molecule has 0 saturated carbocycles. The molecule has 0 atom stereocenters. The Bertz CT molecular complexity index is 1380. The first-order chi connectivity index (χ1) is 14.8. The standard InChI is InChI=1S/C25H19NO5/c1-14-10-15(2)23-20(11-14)21(27)13-22(31-23)16-6-8-17(9-7-16)24(28)26-19-5-3-4-18(12-19)25(29)30/h3-13H,1-2H3,(H,26,28)(H,29,30). The number of anilines is 1. The van der Waals surface area contributed by atoms with Crippen LogP contribution in [0.4, 0.5) is 5.69 Å². The normalized spacial score (nSPS) is 10.8. The number of benzene rings is 3. The molecule has 1 heterocycles. The molecule has 0 aliphatic rings. The minimum absolute atomic E-state index is 0.0879. The lowest BCUT2D eigenvalue weighted by atomic mass is 10.1. The third kappa shape index (κ3) is 4.09. The van der Waals surface area contributed by atoms with E-state index in [2.05, 4.69) is 5.32 Å². The van der Waals surface area contributed by atoms with Gasteiger partial charge in [0.2, 0.25) is 0 Å². The number of carboxylic acid groups (broad SMARTS) is 1. The largest absolute Gasteiger partial charge is 0.478 e. The van der Waals surface area contributed by atoms with Crippen molar-refractivity contribution in [1.29, 1.82) is 0 Å². The van der Waals surface area contributed by atoms with Crippen LogP contribution in [0.25, 0.3) is 22.3 Å². The molecule has 6 heteroatoms. The molecule has 3 aromatic carbocycles. The third-order valence-electron chi connectivity index (χ3n) is 4.96. The second kappa shape index (κ2) is 7.91. The lowest BCUT2D eigenvalue weighted by Gasteiger charge is -2.08. The Balaban J connectivity index is 1.61. The van der Waals surface area contributed by atoms with Crippen LogP contribution in [-0.4, -0.2) is 17.0 Å². The van der Waals surface area contributed by atoms with E-state index in [1.807, 2.05) is 26.0 Å². The molecule has 0 aliphatic carbocycles. The highest BCUT2D eigenvalue weighted by Crippen LogP contribution is 2.25. The molecule has 6 nitrogen and oxygen atoms in total. The number of fused-ring (bicyclic) bond motifs is 1. The second-order valence-electron chi connectivity index (χ2n) is 7.35. The van der Waals surface area contributed by atoms with E-state index in [1.54, 1.807) is 36.4 Å². The van der Waals surface area contributed by atoms with Gasteiger partial charge in [0.05, 0.1) is 10.9 Å². The number of rotatable bonds is 4. The van der Waals surface area contributed by atoms with Crippen LogP contribution in [0.2, 0.25) is 0 Å². The van der Waals surface area contributed by atoms with Crippen LogP contribution in [0.3, 0.4) is 0 Å². The first-order valence-corrected chi connectivity index (χ1v) is 9.62. The van der Waals surface area contributed by atoms with Gasteiger partial charge in [0.15, 0.2) is 5.43 Å². The number of amides is 1. The molecule has 31 heavy (non-hydrogen) atoms. The van der Waals surface area contributed by atoms with E-state index >= 15 is 0 Å². The van der Waals surface area contributed by atoms with Gasteiger partial charge in [-0.2, -0.15) is 0 Å². The van der Waals surface area contributed by atoms with E-state index < -0.39 is 5.97 Å². The average Bonchev–Trinajstić information content (AvgIpc) is 2.74. The number of carboxylic acids is 1. The molecule has 0 fully saturated rings. The van der Waals surface area contributed by atoms with Gasteiger partial charge >= 0.3 is 5.97 Å². The van der Waals surface area contributed by atoms with E-state index in [0.29, 0.717) is 33.5 Å². The van der Waals surface area contributed by atoms with Gasteiger partial charge in [0.25, 0.3) is 5.91 Å². The monoisotopic (exact) mass is 413 g/mol. The molecule has 154 valence electrons. The van der Waals surface area contributed by atoms with E-state index in [4.69, 9.17) is 9.52 Å². The summed E-state index contributed by atoms with van der Waals surface area (Å²) >= 11 is 0. The van der Waals surface area contributed by atoms with Crippen LogP contribution in [0.5, 0.6) is 0 Å². The van der Waals surface area contributed by atoms with Crippen molar-refractivity contribution >= 4 is 28.5 Å². The van der Waals surface area contributed by atoms with E-state index in [-0.39, 0.29) is 16.9 Å². The number of aryl methyl sites for hydroxylation is 2. The van der Waals surface area contributed by atoms with Crippen molar-refractivity contribution in [2.45, 2.75) is 13.8 Å². The highest BCUT2D eigenvalue weighted by Gasteiger charge is 2.12. The Kier molecular flexibility index (Phi) is 5.13. The zero-order valence-corrected chi connectivity index (χ0v) is 16.9. The van der Waals surface area contributed by atoms with Gasteiger partial charge in [-0.1, -0.05) is 24.3 Å². The fraction of sp³-hybridized carbons (Fsp3) is 0.0800. The molecule has 1 amide bonds. The molecule has 0 aliphatic heterocycles. The number of carbonyl (C=O) groups is 2. The first kappa shape index (κ1) is 20.1. The molecule has 2 N–H and O–H groups in total. The molecular formula is C25H19NO5. The quantitative estimate of drug-likeness (QED) is 0.489.